The lowest BCUT2D eigenvalue weighted by molar-refractivity contribution is 0.0761. The molecule has 1 saturated heterocycles. The third kappa shape index (κ3) is 4.07. The molecular formula is C17H24ClNO3. The van der Waals surface area contributed by atoms with Gasteiger partial charge in [0, 0.05) is 18.7 Å². The average Bonchev–Trinajstić information content (AvgIpc) is 2.81. The van der Waals surface area contributed by atoms with Gasteiger partial charge in [0.15, 0.2) is 11.5 Å². The van der Waals surface area contributed by atoms with Crippen molar-refractivity contribution in [2.45, 2.75) is 39.0 Å². The Balaban J connectivity index is 2.23. The van der Waals surface area contributed by atoms with Crippen LogP contribution < -0.4 is 9.47 Å². The molecule has 0 atom stereocenters. The zero-order chi connectivity index (χ0) is 15.9. The van der Waals surface area contributed by atoms with Gasteiger partial charge in [-0.15, -0.1) is 0 Å². The van der Waals surface area contributed by atoms with Crippen molar-refractivity contribution < 1.29 is 14.3 Å². The summed E-state index contributed by atoms with van der Waals surface area (Å²) in [4.78, 5) is 14.6. The van der Waals surface area contributed by atoms with Crippen LogP contribution >= 0.6 is 11.6 Å². The van der Waals surface area contributed by atoms with E-state index in [4.69, 9.17) is 21.1 Å². The minimum Gasteiger partial charge on any atom is -0.493 e. The summed E-state index contributed by atoms with van der Waals surface area (Å²) in [5.74, 6) is 1.04. The fourth-order valence-electron chi connectivity index (χ4n) is 2.64. The van der Waals surface area contributed by atoms with Crippen LogP contribution in [0.5, 0.6) is 11.5 Å². The molecule has 1 heterocycles. The maximum absolute atomic E-state index is 12.7. The van der Waals surface area contributed by atoms with Crippen molar-refractivity contribution in [3.63, 3.8) is 0 Å². The summed E-state index contributed by atoms with van der Waals surface area (Å²) < 4.78 is 11.0. The maximum atomic E-state index is 12.7. The Morgan fingerprint density at radius 2 is 1.91 bits per heavy atom. The van der Waals surface area contributed by atoms with Gasteiger partial charge in [0.2, 0.25) is 0 Å². The van der Waals surface area contributed by atoms with Crippen LogP contribution in [0.2, 0.25) is 5.02 Å². The number of methoxy groups -OCH3 is 1. The van der Waals surface area contributed by atoms with E-state index >= 15 is 0 Å². The summed E-state index contributed by atoms with van der Waals surface area (Å²) >= 11 is 6.29. The number of halogens is 1. The third-order valence-corrected chi connectivity index (χ3v) is 4.10. The predicted molar refractivity (Wildman–Crippen MR) is 88.2 cm³/mol. The van der Waals surface area contributed by atoms with E-state index in [-0.39, 0.29) is 5.91 Å². The normalized spacial score (nSPS) is 15.3. The van der Waals surface area contributed by atoms with E-state index in [2.05, 4.69) is 0 Å². The van der Waals surface area contributed by atoms with E-state index in [9.17, 15) is 4.79 Å². The van der Waals surface area contributed by atoms with Gasteiger partial charge in [-0.2, -0.15) is 0 Å². The van der Waals surface area contributed by atoms with Gasteiger partial charge in [-0.05, 0) is 31.4 Å². The second kappa shape index (κ2) is 8.28. The van der Waals surface area contributed by atoms with Crippen molar-refractivity contribution in [2.24, 2.45) is 0 Å². The first-order chi connectivity index (χ1) is 10.7. The smallest absolute Gasteiger partial charge is 0.254 e. The highest BCUT2D eigenvalue weighted by atomic mass is 35.5. The fourth-order valence-corrected chi connectivity index (χ4v) is 2.91. The van der Waals surface area contributed by atoms with Gasteiger partial charge < -0.3 is 14.4 Å². The SMILES string of the molecule is CCCOc1c(Cl)cc(C(=O)N2CCCCCC2)cc1OC. The molecule has 1 aromatic carbocycles. The van der Waals surface area contributed by atoms with Gasteiger partial charge in [0.25, 0.3) is 5.91 Å². The number of hydrogen-bond acceptors (Lipinski definition) is 3. The molecule has 1 aliphatic heterocycles. The van der Waals surface area contributed by atoms with Gasteiger partial charge in [-0.25, -0.2) is 0 Å². The summed E-state index contributed by atoms with van der Waals surface area (Å²) in [6, 6.07) is 3.41. The quantitative estimate of drug-likeness (QED) is 0.816. The minimum atomic E-state index is 0.0177. The second-order valence-electron chi connectivity index (χ2n) is 5.54. The number of benzene rings is 1. The molecule has 0 radical (unpaired) electrons. The van der Waals surface area contributed by atoms with Crippen LogP contribution in [0.15, 0.2) is 12.1 Å². The highest BCUT2D eigenvalue weighted by molar-refractivity contribution is 6.32. The second-order valence-corrected chi connectivity index (χ2v) is 5.95. The highest BCUT2D eigenvalue weighted by Crippen LogP contribution is 2.37. The van der Waals surface area contributed by atoms with E-state index in [1.54, 1.807) is 19.2 Å². The Morgan fingerprint density at radius 1 is 1.23 bits per heavy atom. The van der Waals surface area contributed by atoms with Crippen molar-refractivity contribution in [3.8, 4) is 11.5 Å². The highest BCUT2D eigenvalue weighted by Gasteiger charge is 2.21. The molecule has 0 saturated carbocycles. The average molecular weight is 326 g/mol. The van der Waals surface area contributed by atoms with Crippen molar-refractivity contribution in [1.29, 1.82) is 0 Å². The molecule has 122 valence electrons. The zero-order valence-electron chi connectivity index (χ0n) is 13.4. The maximum Gasteiger partial charge on any atom is 0.254 e. The number of rotatable bonds is 5. The number of nitrogens with zero attached hydrogens (tertiary/aromatic N) is 1. The summed E-state index contributed by atoms with van der Waals surface area (Å²) in [7, 11) is 1.56. The molecule has 1 fully saturated rings. The largest absolute Gasteiger partial charge is 0.493 e. The monoisotopic (exact) mass is 325 g/mol. The first kappa shape index (κ1) is 16.9. The Hall–Kier alpha value is -1.42. The van der Waals surface area contributed by atoms with E-state index in [1.807, 2.05) is 11.8 Å². The molecule has 0 N–H and O–H groups in total. The predicted octanol–water partition coefficient (Wildman–Crippen LogP) is 4.15. The summed E-state index contributed by atoms with van der Waals surface area (Å²) in [5, 5.41) is 0.422. The van der Waals surface area contributed by atoms with Crippen LogP contribution in [0, 0.1) is 0 Å². The molecule has 0 aliphatic carbocycles. The van der Waals surface area contributed by atoms with Crippen LogP contribution in [0.4, 0.5) is 0 Å². The van der Waals surface area contributed by atoms with Crippen LogP contribution in [-0.4, -0.2) is 37.6 Å². The van der Waals surface area contributed by atoms with Gasteiger partial charge in [0.05, 0.1) is 18.7 Å². The van der Waals surface area contributed by atoms with Gasteiger partial charge >= 0.3 is 0 Å². The molecule has 0 aromatic heterocycles. The number of hydrogen-bond donors (Lipinski definition) is 0. The van der Waals surface area contributed by atoms with Crippen molar-refractivity contribution in [1.82, 2.24) is 4.90 Å². The molecule has 1 aromatic rings. The van der Waals surface area contributed by atoms with Gasteiger partial charge in [-0.1, -0.05) is 31.4 Å². The Kier molecular flexibility index (Phi) is 6.37. The van der Waals surface area contributed by atoms with Gasteiger partial charge in [0.1, 0.15) is 0 Å². The fraction of sp³-hybridized carbons (Fsp3) is 0.588. The number of ether oxygens (including phenoxy) is 2. The molecule has 0 unspecified atom stereocenters. The van der Waals surface area contributed by atoms with Crippen LogP contribution in [0.1, 0.15) is 49.4 Å². The van der Waals surface area contributed by atoms with E-state index in [0.717, 1.165) is 32.4 Å². The molecule has 22 heavy (non-hydrogen) atoms. The van der Waals surface area contributed by atoms with Crippen molar-refractivity contribution in [2.75, 3.05) is 26.8 Å². The standard InChI is InChI=1S/C17H24ClNO3/c1-3-10-22-16-14(18)11-13(12-15(16)21-2)17(20)19-8-6-4-5-7-9-19/h11-12H,3-10H2,1-2H3. The molecule has 4 nitrogen and oxygen atoms in total. The Bertz CT molecular complexity index is 511. The first-order valence-electron chi connectivity index (χ1n) is 7.97. The summed E-state index contributed by atoms with van der Waals surface area (Å²) in [6.07, 6.45) is 5.39. The topological polar surface area (TPSA) is 38.8 Å². The zero-order valence-corrected chi connectivity index (χ0v) is 14.1. The molecule has 1 aliphatic rings. The van der Waals surface area contributed by atoms with E-state index < -0.39 is 0 Å². The lowest BCUT2D eigenvalue weighted by Gasteiger charge is -2.21. The first-order valence-corrected chi connectivity index (χ1v) is 8.34. The van der Waals surface area contributed by atoms with Crippen molar-refractivity contribution in [3.05, 3.63) is 22.7 Å². The Morgan fingerprint density at radius 3 is 2.50 bits per heavy atom. The number of carbonyl (C=O) groups excluding carboxylic acids is 1. The molecule has 2 rings (SSSR count). The minimum absolute atomic E-state index is 0.0177. The van der Waals surface area contributed by atoms with E-state index in [0.29, 0.717) is 28.7 Å². The number of likely N-dealkylation sites (tertiary alicyclic amines) is 1. The molecule has 0 spiro atoms. The third-order valence-electron chi connectivity index (χ3n) is 3.82. The molecule has 0 bridgehead atoms. The number of amides is 1. The number of carbonyl (C=O) groups is 1. The Labute approximate surface area is 137 Å². The van der Waals surface area contributed by atoms with Crippen LogP contribution in [0.3, 0.4) is 0 Å². The van der Waals surface area contributed by atoms with Crippen LogP contribution in [-0.2, 0) is 0 Å². The lowest BCUT2D eigenvalue weighted by Crippen LogP contribution is -2.31. The van der Waals surface area contributed by atoms with Crippen molar-refractivity contribution >= 4 is 17.5 Å². The summed E-state index contributed by atoms with van der Waals surface area (Å²) in [6.45, 7) is 4.22. The van der Waals surface area contributed by atoms with E-state index in [1.165, 1.54) is 12.8 Å². The summed E-state index contributed by atoms with van der Waals surface area (Å²) in [5.41, 5.74) is 0.563. The lowest BCUT2D eigenvalue weighted by atomic mass is 10.1. The van der Waals surface area contributed by atoms with Crippen LogP contribution in [0.25, 0.3) is 0 Å². The molecule has 5 heteroatoms. The molecular weight excluding hydrogens is 302 g/mol. The van der Waals surface area contributed by atoms with Gasteiger partial charge in [-0.3, -0.25) is 4.79 Å². The molecule has 1 amide bonds.